The van der Waals surface area contributed by atoms with Crippen LogP contribution in [0, 0.1) is 11.3 Å². The summed E-state index contributed by atoms with van der Waals surface area (Å²) in [7, 11) is 0. The highest BCUT2D eigenvalue weighted by atomic mass is 15.2. The van der Waals surface area contributed by atoms with E-state index in [1.54, 1.807) is 0 Å². The van der Waals surface area contributed by atoms with Gasteiger partial charge in [-0.15, -0.1) is 0 Å². The molecule has 0 atom stereocenters. The van der Waals surface area contributed by atoms with Crippen molar-refractivity contribution in [2.45, 2.75) is 32.4 Å². The molecule has 1 aliphatic heterocycles. The number of aromatic nitrogens is 2. The predicted octanol–water partition coefficient (Wildman–Crippen LogP) is 2.30. The highest BCUT2D eigenvalue weighted by Gasteiger charge is 2.28. The molecule has 0 unspecified atom stereocenters. The van der Waals surface area contributed by atoms with Gasteiger partial charge in [-0.2, -0.15) is 5.26 Å². The molecule has 0 N–H and O–H groups in total. The number of nitriles is 1. The fourth-order valence-electron chi connectivity index (χ4n) is 2.71. The van der Waals surface area contributed by atoms with Crippen LogP contribution in [-0.4, -0.2) is 4.57 Å². The SMILES string of the molecule is N#CCC[n+]1cc(-c2ccccc2)n2c1CCC2. The van der Waals surface area contributed by atoms with Gasteiger partial charge >= 0.3 is 0 Å². The van der Waals surface area contributed by atoms with Crippen LogP contribution < -0.4 is 4.57 Å². The molecule has 0 spiro atoms. The van der Waals surface area contributed by atoms with Gasteiger partial charge in [-0.25, -0.2) is 9.13 Å². The van der Waals surface area contributed by atoms with Crippen molar-refractivity contribution >= 4 is 0 Å². The quantitative estimate of drug-likeness (QED) is 0.755. The Morgan fingerprint density at radius 3 is 2.89 bits per heavy atom. The van der Waals surface area contributed by atoms with Gasteiger partial charge in [-0.05, 0) is 6.42 Å². The third-order valence-electron chi connectivity index (χ3n) is 3.53. The topological polar surface area (TPSA) is 32.6 Å². The Morgan fingerprint density at radius 1 is 1.28 bits per heavy atom. The van der Waals surface area contributed by atoms with Crippen molar-refractivity contribution in [3.63, 3.8) is 0 Å². The van der Waals surface area contributed by atoms with Gasteiger partial charge in [0.15, 0.2) is 5.69 Å². The van der Waals surface area contributed by atoms with Gasteiger partial charge in [-0.1, -0.05) is 30.3 Å². The zero-order valence-electron chi connectivity index (χ0n) is 10.3. The van der Waals surface area contributed by atoms with Crippen molar-refractivity contribution < 1.29 is 4.57 Å². The Hall–Kier alpha value is -2.08. The van der Waals surface area contributed by atoms with Gasteiger partial charge in [0.2, 0.25) is 0 Å². The second-order valence-electron chi connectivity index (χ2n) is 4.65. The summed E-state index contributed by atoms with van der Waals surface area (Å²) in [5.41, 5.74) is 2.54. The molecule has 1 aromatic carbocycles. The number of rotatable bonds is 3. The number of imidazole rings is 1. The Kier molecular flexibility index (Phi) is 2.85. The lowest BCUT2D eigenvalue weighted by molar-refractivity contribution is -0.701. The van der Waals surface area contributed by atoms with Crippen LogP contribution in [0.15, 0.2) is 36.5 Å². The summed E-state index contributed by atoms with van der Waals surface area (Å²) in [4.78, 5) is 0. The van der Waals surface area contributed by atoms with E-state index in [1.807, 2.05) is 6.07 Å². The molecule has 1 aliphatic rings. The maximum absolute atomic E-state index is 8.73. The fraction of sp³-hybridized carbons (Fsp3) is 0.333. The van der Waals surface area contributed by atoms with Crippen LogP contribution in [-0.2, 0) is 19.5 Å². The summed E-state index contributed by atoms with van der Waals surface area (Å²) < 4.78 is 4.64. The third kappa shape index (κ3) is 1.80. The third-order valence-corrected chi connectivity index (χ3v) is 3.53. The van der Waals surface area contributed by atoms with Crippen LogP contribution >= 0.6 is 0 Å². The van der Waals surface area contributed by atoms with Gasteiger partial charge < -0.3 is 0 Å². The zero-order chi connectivity index (χ0) is 12.4. The van der Waals surface area contributed by atoms with Crippen molar-refractivity contribution in [3.05, 3.63) is 42.4 Å². The molecule has 0 bridgehead atoms. The van der Waals surface area contributed by atoms with Gasteiger partial charge in [0.25, 0.3) is 5.82 Å². The molecule has 3 nitrogen and oxygen atoms in total. The number of fused-ring (bicyclic) bond motifs is 1. The van der Waals surface area contributed by atoms with E-state index < -0.39 is 0 Å². The molecule has 0 aliphatic carbocycles. The van der Waals surface area contributed by atoms with Crippen molar-refractivity contribution in [2.75, 3.05) is 0 Å². The minimum absolute atomic E-state index is 0.579. The zero-order valence-corrected chi connectivity index (χ0v) is 10.3. The fourth-order valence-corrected chi connectivity index (χ4v) is 2.71. The van der Waals surface area contributed by atoms with Crippen LogP contribution in [0.2, 0.25) is 0 Å². The van der Waals surface area contributed by atoms with Gasteiger partial charge in [0, 0.05) is 5.56 Å². The summed E-state index contributed by atoms with van der Waals surface area (Å²) in [5.74, 6) is 1.36. The van der Waals surface area contributed by atoms with Crippen molar-refractivity contribution in [1.29, 1.82) is 5.26 Å². The molecule has 18 heavy (non-hydrogen) atoms. The van der Waals surface area contributed by atoms with E-state index in [0.29, 0.717) is 6.42 Å². The molecule has 2 heterocycles. The maximum atomic E-state index is 8.73. The standard InChI is InChI=1S/C15H16N3/c16-9-5-10-17-12-14(13-6-2-1-3-7-13)18-11-4-8-15(17)18/h1-3,6-7,12H,4-5,8,10-11H2/q+1. The Morgan fingerprint density at radius 2 is 2.11 bits per heavy atom. The van der Waals surface area contributed by atoms with Crippen LogP contribution in [0.1, 0.15) is 18.7 Å². The molecular formula is C15H16N3+. The van der Waals surface area contributed by atoms with E-state index in [1.165, 1.54) is 23.5 Å². The van der Waals surface area contributed by atoms with E-state index in [9.17, 15) is 0 Å². The number of hydrogen-bond donors (Lipinski definition) is 0. The minimum Gasteiger partial charge on any atom is -0.232 e. The van der Waals surface area contributed by atoms with Crippen molar-refractivity contribution in [3.8, 4) is 17.3 Å². The first-order valence-corrected chi connectivity index (χ1v) is 6.44. The summed E-state index contributed by atoms with van der Waals surface area (Å²) in [6, 6.07) is 12.7. The molecule has 0 fully saturated rings. The molecule has 90 valence electrons. The van der Waals surface area contributed by atoms with Crippen LogP contribution in [0.4, 0.5) is 0 Å². The Balaban J connectivity index is 2.04. The van der Waals surface area contributed by atoms with E-state index in [2.05, 4.69) is 45.7 Å². The van der Waals surface area contributed by atoms with Gasteiger partial charge in [0.05, 0.1) is 25.5 Å². The summed E-state index contributed by atoms with van der Waals surface area (Å²) >= 11 is 0. The summed E-state index contributed by atoms with van der Waals surface area (Å²) in [5, 5.41) is 8.73. The molecule has 1 aromatic heterocycles. The molecule has 3 heteroatoms. The number of benzene rings is 1. The molecule has 0 saturated carbocycles. The lowest BCUT2D eigenvalue weighted by Gasteiger charge is -1.97. The lowest BCUT2D eigenvalue weighted by atomic mass is 10.2. The normalized spacial score (nSPS) is 13.3. The minimum atomic E-state index is 0.579. The first-order valence-electron chi connectivity index (χ1n) is 6.44. The molecule has 3 rings (SSSR count). The molecule has 0 saturated heterocycles. The largest absolute Gasteiger partial charge is 0.257 e. The second kappa shape index (κ2) is 4.66. The average Bonchev–Trinajstić information content (AvgIpc) is 3.00. The summed E-state index contributed by atoms with van der Waals surface area (Å²) in [6.07, 6.45) is 5.11. The Bertz CT molecular complexity index is 590. The predicted molar refractivity (Wildman–Crippen MR) is 68.6 cm³/mol. The average molecular weight is 238 g/mol. The summed E-state index contributed by atoms with van der Waals surface area (Å²) in [6.45, 7) is 1.90. The van der Waals surface area contributed by atoms with Crippen molar-refractivity contribution in [2.24, 2.45) is 0 Å². The second-order valence-corrected chi connectivity index (χ2v) is 4.65. The van der Waals surface area contributed by atoms with Crippen LogP contribution in [0.25, 0.3) is 11.3 Å². The van der Waals surface area contributed by atoms with Crippen LogP contribution in [0.5, 0.6) is 0 Å². The van der Waals surface area contributed by atoms with E-state index >= 15 is 0 Å². The van der Waals surface area contributed by atoms with E-state index in [0.717, 1.165) is 19.5 Å². The van der Waals surface area contributed by atoms with E-state index in [4.69, 9.17) is 5.26 Å². The highest BCUT2D eigenvalue weighted by Crippen LogP contribution is 2.24. The number of aryl methyl sites for hydroxylation is 1. The van der Waals surface area contributed by atoms with Gasteiger partial charge in [0.1, 0.15) is 12.7 Å². The van der Waals surface area contributed by atoms with Crippen LogP contribution in [0.3, 0.4) is 0 Å². The monoisotopic (exact) mass is 238 g/mol. The number of hydrogen-bond acceptors (Lipinski definition) is 1. The molecule has 0 amide bonds. The first-order chi connectivity index (χ1) is 8.90. The lowest BCUT2D eigenvalue weighted by Crippen LogP contribution is -2.35. The smallest absolute Gasteiger partial charge is 0.232 e. The van der Waals surface area contributed by atoms with E-state index in [-0.39, 0.29) is 0 Å². The highest BCUT2D eigenvalue weighted by molar-refractivity contribution is 5.58. The first kappa shape index (κ1) is 11.0. The molecular weight excluding hydrogens is 222 g/mol. The molecule has 2 aromatic rings. The molecule has 0 radical (unpaired) electrons. The van der Waals surface area contributed by atoms with Gasteiger partial charge in [-0.3, -0.25) is 0 Å². The maximum Gasteiger partial charge on any atom is 0.257 e. The van der Waals surface area contributed by atoms with Crippen molar-refractivity contribution in [1.82, 2.24) is 4.57 Å². The number of nitrogens with zero attached hydrogens (tertiary/aromatic N) is 3. The Labute approximate surface area is 107 Å².